The summed E-state index contributed by atoms with van der Waals surface area (Å²) in [5.74, 6) is -0.700. The first kappa shape index (κ1) is 22.0. The van der Waals surface area contributed by atoms with E-state index in [9.17, 15) is 14.4 Å². The highest BCUT2D eigenvalue weighted by molar-refractivity contribution is 8.26. The Kier molecular flexibility index (Phi) is 6.57. The standard InChI is InChI=1S/C20H22N4O4S2/c1-11(2)9-21-17-13(18(27)24-10-12(3)4-5-15(24)22-17)8-14-19(28)23(20(29)30-14)7-6-16(25)26/h4-5,8,10-11,21H,6-7,9H2,1-3H3,(H,25,26)/b14-8-. The van der Waals surface area contributed by atoms with E-state index in [1.54, 1.807) is 12.3 Å². The molecule has 1 aliphatic heterocycles. The van der Waals surface area contributed by atoms with Gasteiger partial charge in [0.25, 0.3) is 11.5 Å². The molecule has 1 fully saturated rings. The molecule has 3 heterocycles. The number of nitrogens with one attached hydrogen (secondary N) is 1. The van der Waals surface area contributed by atoms with Crippen molar-refractivity contribution in [2.45, 2.75) is 27.2 Å². The second kappa shape index (κ2) is 8.97. The third kappa shape index (κ3) is 4.71. The van der Waals surface area contributed by atoms with Gasteiger partial charge in [0.05, 0.1) is 16.9 Å². The predicted octanol–water partition coefficient (Wildman–Crippen LogP) is 2.75. The lowest BCUT2D eigenvalue weighted by molar-refractivity contribution is -0.137. The highest BCUT2D eigenvalue weighted by Gasteiger charge is 2.32. The van der Waals surface area contributed by atoms with Crippen molar-refractivity contribution in [3.05, 3.63) is 44.7 Å². The Morgan fingerprint density at radius 2 is 2.10 bits per heavy atom. The predicted molar refractivity (Wildman–Crippen MR) is 122 cm³/mol. The molecule has 2 aromatic heterocycles. The molecular weight excluding hydrogens is 424 g/mol. The van der Waals surface area contributed by atoms with Crippen LogP contribution in [-0.4, -0.2) is 48.7 Å². The van der Waals surface area contributed by atoms with Crippen LogP contribution in [0, 0.1) is 12.8 Å². The Morgan fingerprint density at radius 1 is 1.37 bits per heavy atom. The van der Waals surface area contributed by atoms with Gasteiger partial charge in [-0.3, -0.25) is 23.7 Å². The van der Waals surface area contributed by atoms with Crippen molar-refractivity contribution in [2.75, 3.05) is 18.4 Å². The zero-order chi connectivity index (χ0) is 22.0. The van der Waals surface area contributed by atoms with Crippen LogP contribution in [-0.2, 0) is 9.59 Å². The van der Waals surface area contributed by atoms with Crippen LogP contribution >= 0.6 is 24.0 Å². The number of hydrogen-bond acceptors (Lipinski definition) is 7. The minimum Gasteiger partial charge on any atom is -0.481 e. The minimum absolute atomic E-state index is 0.00998. The first-order valence-corrected chi connectivity index (χ1v) is 10.6. The van der Waals surface area contributed by atoms with E-state index in [0.717, 1.165) is 17.3 Å². The summed E-state index contributed by atoms with van der Waals surface area (Å²) in [6, 6.07) is 3.65. The zero-order valence-electron chi connectivity index (χ0n) is 16.8. The maximum atomic E-state index is 13.2. The fraction of sp³-hybridized carbons (Fsp3) is 0.350. The number of aromatic nitrogens is 2. The Labute approximate surface area is 183 Å². The van der Waals surface area contributed by atoms with Crippen molar-refractivity contribution in [1.29, 1.82) is 0 Å². The van der Waals surface area contributed by atoms with Gasteiger partial charge in [0, 0.05) is 19.3 Å². The number of aryl methyl sites for hydroxylation is 1. The Morgan fingerprint density at radius 3 is 2.77 bits per heavy atom. The van der Waals surface area contributed by atoms with E-state index in [1.165, 1.54) is 15.4 Å². The Bertz CT molecular complexity index is 1120. The van der Waals surface area contributed by atoms with E-state index in [0.29, 0.717) is 23.9 Å². The van der Waals surface area contributed by atoms with Crippen molar-refractivity contribution in [3.63, 3.8) is 0 Å². The SMILES string of the molecule is Cc1ccc2nc(NCC(C)C)c(/C=C3\SC(=S)N(CCC(=O)O)C3=O)c(=O)n2c1. The second-order valence-corrected chi connectivity index (χ2v) is 9.04. The monoisotopic (exact) mass is 446 g/mol. The van der Waals surface area contributed by atoms with E-state index in [1.807, 2.05) is 26.8 Å². The van der Waals surface area contributed by atoms with E-state index in [2.05, 4.69) is 10.3 Å². The number of nitrogens with zero attached hydrogens (tertiary/aromatic N) is 3. The molecule has 1 aliphatic rings. The summed E-state index contributed by atoms with van der Waals surface area (Å²) in [4.78, 5) is 42.9. The number of hydrogen-bond donors (Lipinski definition) is 2. The summed E-state index contributed by atoms with van der Waals surface area (Å²) in [6.45, 7) is 6.55. The number of thiocarbonyl (C=S) groups is 1. The third-order valence-electron chi connectivity index (χ3n) is 4.38. The van der Waals surface area contributed by atoms with E-state index >= 15 is 0 Å². The maximum Gasteiger partial charge on any atom is 0.305 e. The molecule has 0 unspecified atom stereocenters. The van der Waals surface area contributed by atoms with Crippen molar-refractivity contribution >= 4 is 57.7 Å². The number of aliphatic carboxylic acids is 1. The molecule has 158 valence electrons. The summed E-state index contributed by atoms with van der Waals surface area (Å²) in [5, 5.41) is 12.1. The highest BCUT2D eigenvalue weighted by Crippen LogP contribution is 2.33. The molecule has 8 nitrogen and oxygen atoms in total. The molecule has 30 heavy (non-hydrogen) atoms. The highest BCUT2D eigenvalue weighted by atomic mass is 32.2. The van der Waals surface area contributed by atoms with Crippen LogP contribution < -0.4 is 10.9 Å². The van der Waals surface area contributed by atoms with Gasteiger partial charge in [-0.1, -0.05) is 43.9 Å². The fourth-order valence-electron chi connectivity index (χ4n) is 2.86. The smallest absolute Gasteiger partial charge is 0.305 e. The number of amides is 1. The summed E-state index contributed by atoms with van der Waals surface area (Å²) in [6.07, 6.45) is 2.99. The average Bonchev–Trinajstić information content (AvgIpc) is 2.94. The van der Waals surface area contributed by atoms with Gasteiger partial charge in [-0.15, -0.1) is 0 Å². The number of carbonyl (C=O) groups is 2. The topological polar surface area (TPSA) is 104 Å². The Balaban J connectivity index is 2.07. The van der Waals surface area contributed by atoms with Crippen LogP contribution in [0.2, 0.25) is 0 Å². The van der Waals surface area contributed by atoms with Gasteiger partial charge < -0.3 is 10.4 Å². The molecule has 2 aromatic rings. The van der Waals surface area contributed by atoms with Crippen molar-refractivity contribution in [2.24, 2.45) is 5.92 Å². The first-order valence-electron chi connectivity index (χ1n) is 9.41. The van der Waals surface area contributed by atoms with Gasteiger partial charge in [0.2, 0.25) is 0 Å². The number of carbonyl (C=O) groups excluding carboxylic acids is 1. The quantitative estimate of drug-likeness (QED) is 0.494. The maximum absolute atomic E-state index is 13.2. The van der Waals surface area contributed by atoms with Crippen LogP contribution in [0.25, 0.3) is 11.7 Å². The first-order chi connectivity index (χ1) is 14.2. The van der Waals surface area contributed by atoms with E-state index < -0.39 is 11.9 Å². The lowest BCUT2D eigenvalue weighted by Gasteiger charge is -2.13. The summed E-state index contributed by atoms with van der Waals surface area (Å²) >= 11 is 6.28. The van der Waals surface area contributed by atoms with E-state index in [4.69, 9.17) is 17.3 Å². The summed E-state index contributed by atoms with van der Waals surface area (Å²) in [7, 11) is 0. The van der Waals surface area contributed by atoms with Crippen LogP contribution in [0.3, 0.4) is 0 Å². The third-order valence-corrected chi connectivity index (χ3v) is 5.76. The number of fused-ring (bicyclic) bond motifs is 1. The van der Waals surface area contributed by atoms with Crippen molar-refractivity contribution in [1.82, 2.24) is 14.3 Å². The van der Waals surface area contributed by atoms with Crippen LogP contribution in [0.4, 0.5) is 5.82 Å². The Hall–Kier alpha value is -2.72. The van der Waals surface area contributed by atoms with Crippen LogP contribution in [0.1, 0.15) is 31.4 Å². The molecule has 2 N–H and O–H groups in total. The number of anilines is 1. The number of carboxylic acid groups (broad SMARTS) is 1. The van der Waals surface area contributed by atoms with Gasteiger partial charge in [-0.25, -0.2) is 4.98 Å². The molecule has 0 spiro atoms. The number of carboxylic acids is 1. The fourth-order valence-corrected chi connectivity index (χ4v) is 4.15. The lowest BCUT2D eigenvalue weighted by Crippen LogP contribution is -2.30. The molecule has 0 bridgehead atoms. The zero-order valence-corrected chi connectivity index (χ0v) is 18.5. The van der Waals surface area contributed by atoms with Gasteiger partial charge in [-0.05, 0) is 30.5 Å². The van der Waals surface area contributed by atoms with Crippen molar-refractivity contribution < 1.29 is 14.7 Å². The van der Waals surface area contributed by atoms with Gasteiger partial charge >= 0.3 is 5.97 Å². The van der Waals surface area contributed by atoms with Gasteiger partial charge in [0.1, 0.15) is 15.8 Å². The molecule has 10 heteroatoms. The molecule has 0 aliphatic carbocycles. The van der Waals surface area contributed by atoms with E-state index in [-0.39, 0.29) is 33.3 Å². The number of thioether (sulfide) groups is 1. The average molecular weight is 447 g/mol. The molecule has 0 aromatic carbocycles. The molecule has 0 saturated carbocycles. The molecule has 3 rings (SSSR count). The van der Waals surface area contributed by atoms with Gasteiger partial charge in [0.15, 0.2) is 0 Å². The lowest BCUT2D eigenvalue weighted by atomic mass is 10.2. The normalized spacial score (nSPS) is 15.6. The second-order valence-electron chi connectivity index (χ2n) is 7.37. The molecule has 0 atom stereocenters. The molecular formula is C20H22N4O4S2. The summed E-state index contributed by atoms with van der Waals surface area (Å²) in [5.41, 5.74) is 1.37. The minimum atomic E-state index is -1.01. The molecule has 0 radical (unpaired) electrons. The number of pyridine rings is 1. The number of rotatable bonds is 7. The van der Waals surface area contributed by atoms with Crippen LogP contribution in [0.5, 0.6) is 0 Å². The largest absolute Gasteiger partial charge is 0.481 e. The van der Waals surface area contributed by atoms with Crippen molar-refractivity contribution in [3.8, 4) is 0 Å². The molecule has 1 saturated heterocycles. The molecule has 1 amide bonds. The summed E-state index contributed by atoms with van der Waals surface area (Å²) < 4.78 is 1.72. The van der Waals surface area contributed by atoms with Gasteiger partial charge in [-0.2, -0.15) is 0 Å². The van der Waals surface area contributed by atoms with Crippen LogP contribution in [0.15, 0.2) is 28.0 Å².